The van der Waals surface area contributed by atoms with Crippen LogP contribution >= 0.6 is 11.8 Å². The highest BCUT2D eigenvalue weighted by Gasteiger charge is 2.35. The van der Waals surface area contributed by atoms with Crippen molar-refractivity contribution in [2.24, 2.45) is 11.5 Å². The largest absolute Gasteiger partial charge is 0.416 e. The topological polar surface area (TPSA) is 98.2 Å². The Hall–Kier alpha value is -2.99. The van der Waals surface area contributed by atoms with Crippen LogP contribution in [0.25, 0.3) is 4.91 Å². The van der Waals surface area contributed by atoms with E-state index in [0.717, 1.165) is 18.2 Å². The first kappa shape index (κ1) is 30.0. The fourth-order valence-electron chi connectivity index (χ4n) is 3.28. The van der Waals surface area contributed by atoms with Crippen molar-refractivity contribution in [3.05, 3.63) is 76.0 Å². The number of carbonyl (C=O) groups excluding carboxylic acids is 2. The molecule has 1 aliphatic heterocycles. The lowest BCUT2D eigenvalue weighted by atomic mass is 10.0. The van der Waals surface area contributed by atoms with Crippen LogP contribution in [0.4, 0.5) is 26.3 Å². The van der Waals surface area contributed by atoms with Crippen LogP contribution in [0.3, 0.4) is 0 Å². The summed E-state index contributed by atoms with van der Waals surface area (Å²) in [6, 6.07) is 8.81. The van der Waals surface area contributed by atoms with E-state index in [0.29, 0.717) is 28.0 Å². The van der Waals surface area contributed by atoms with Crippen LogP contribution in [0, 0.1) is 0 Å². The Morgan fingerprint density at radius 1 is 1.00 bits per heavy atom. The molecular weight excluding hydrogens is 496 g/mol. The van der Waals surface area contributed by atoms with Crippen molar-refractivity contribution >= 4 is 29.4 Å². The zero-order chi connectivity index (χ0) is 26.8. The number of benzene rings is 2. The molecule has 192 valence electrons. The Labute approximate surface area is 202 Å². The highest BCUT2D eigenvalue weighted by Crippen LogP contribution is 2.42. The first-order valence-corrected chi connectivity index (χ1v) is 11.0. The van der Waals surface area contributed by atoms with E-state index < -0.39 is 23.5 Å². The standard InChI is InChI=1S/C21H17F6NOS.CH3NO.CH5N/c1-12-19(15-6-5-14(7-8-29)17(11-15)21(25,26)27)30-18(28-12)10-13-3-2-4-16(9-13)20(22,23)24;2-1-3;1-2/h2-6,8-9,11,18,28H,7,10H2,1H3;1H,(H2,2,3);2H2,1H3. The van der Waals surface area contributed by atoms with Gasteiger partial charge in [0.05, 0.1) is 16.5 Å². The molecule has 0 saturated carbocycles. The zero-order valence-corrected chi connectivity index (χ0v) is 19.7. The van der Waals surface area contributed by atoms with E-state index in [-0.39, 0.29) is 30.2 Å². The van der Waals surface area contributed by atoms with Gasteiger partial charge in [-0.1, -0.05) is 42.1 Å². The molecule has 1 amide bonds. The minimum atomic E-state index is -4.60. The van der Waals surface area contributed by atoms with Crippen molar-refractivity contribution in [1.29, 1.82) is 0 Å². The number of allylic oxidation sites excluding steroid dienone is 1. The van der Waals surface area contributed by atoms with Crippen LogP contribution in [-0.4, -0.2) is 25.1 Å². The number of amides is 1. The molecule has 0 radical (unpaired) electrons. The molecule has 2 aromatic rings. The van der Waals surface area contributed by atoms with Gasteiger partial charge in [-0.15, -0.1) is 0 Å². The van der Waals surface area contributed by atoms with Gasteiger partial charge in [-0.05, 0) is 42.8 Å². The maximum absolute atomic E-state index is 13.4. The van der Waals surface area contributed by atoms with E-state index >= 15 is 0 Å². The molecule has 0 aromatic heterocycles. The predicted molar refractivity (Wildman–Crippen MR) is 124 cm³/mol. The maximum Gasteiger partial charge on any atom is 0.416 e. The van der Waals surface area contributed by atoms with Crippen LogP contribution in [0.5, 0.6) is 0 Å². The molecule has 1 unspecified atom stereocenters. The Morgan fingerprint density at radius 2 is 1.63 bits per heavy atom. The van der Waals surface area contributed by atoms with Gasteiger partial charge in [0, 0.05) is 23.4 Å². The van der Waals surface area contributed by atoms with Crippen LogP contribution in [-0.2, 0) is 34.8 Å². The molecule has 0 bridgehead atoms. The van der Waals surface area contributed by atoms with Gasteiger partial charge in [0.2, 0.25) is 6.41 Å². The number of alkyl halides is 6. The quantitative estimate of drug-likeness (QED) is 0.390. The summed E-state index contributed by atoms with van der Waals surface area (Å²) >= 11 is 1.27. The Bertz CT molecular complexity index is 1040. The van der Waals surface area contributed by atoms with Crippen molar-refractivity contribution in [2.45, 2.75) is 37.5 Å². The molecule has 0 saturated heterocycles. The highest BCUT2D eigenvalue weighted by atomic mass is 32.2. The fraction of sp³-hybridized carbons (Fsp3) is 0.304. The average molecular weight is 522 g/mol. The maximum atomic E-state index is 13.4. The highest BCUT2D eigenvalue weighted by molar-refractivity contribution is 8.09. The van der Waals surface area contributed by atoms with E-state index in [1.54, 1.807) is 13.0 Å². The van der Waals surface area contributed by atoms with E-state index in [2.05, 4.69) is 16.8 Å². The van der Waals surface area contributed by atoms with E-state index in [9.17, 15) is 31.1 Å². The minimum Gasteiger partial charge on any atom is -0.375 e. The van der Waals surface area contributed by atoms with Crippen LogP contribution in [0.1, 0.15) is 34.7 Å². The zero-order valence-electron chi connectivity index (χ0n) is 18.8. The Kier molecular flexibility index (Phi) is 11.3. The van der Waals surface area contributed by atoms with Crippen LogP contribution in [0.15, 0.2) is 48.2 Å². The van der Waals surface area contributed by atoms with E-state index in [4.69, 9.17) is 4.79 Å². The second-order valence-electron chi connectivity index (χ2n) is 6.98. The van der Waals surface area contributed by atoms with Gasteiger partial charge in [-0.3, -0.25) is 4.79 Å². The molecule has 0 spiro atoms. The summed E-state index contributed by atoms with van der Waals surface area (Å²) in [6.45, 7) is 1.71. The number of thioether (sulfide) groups is 1. The number of rotatable bonds is 5. The van der Waals surface area contributed by atoms with Gasteiger partial charge >= 0.3 is 12.4 Å². The van der Waals surface area contributed by atoms with Gasteiger partial charge < -0.3 is 21.6 Å². The molecule has 3 rings (SSSR count). The van der Waals surface area contributed by atoms with Crippen molar-refractivity contribution < 1.29 is 35.9 Å². The molecule has 5 nitrogen and oxygen atoms in total. The third-order valence-electron chi connectivity index (χ3n) is 4.63. The third kappa shape index (κ3) is 8.62. The van der Waals surface area contributed by atoms with Crippen molar-refractivity contribution in [3.8, 4) is 0 Å². The molecule has 5 N–H and O–H groups in total. The number of nitrogens with one attached hydrogen (secondary N) is 1. The molecule has 0 aliphatic carbocycles. The van der Waals surface area contributed by atoms with Crippen LogP contribution in [0.2, 0.25) is 0 Å². The molecule has 12 heteroatoms. The van der Waals surface area contributed by atoms with Crippen molar-refractivity contribution in [3.63, 3.8) is 0 Å². The monoisotopic (exact) mass is 521 g/mol. The summed E-state index contributed by atoms with van der Waals surface area (Å²) in [7, 11) is 1.50. The minimum absolute atomic E-state index is 0.101. The number of primary amides is 1. The Balaban J connectivity index is 0.00000114. The van der Waals surface area contributed by atoms with E-state index in [1.807, 2.05) is 0 Å². The second kappa shape index (κ2) is 13.2. The van der Waals surface area contributed by atoms with Crippen molar-refractivity contribution in [2.75, 3.05) is 7.05 Å². The summed E-state index contributed by atoms with van der Waals surface area (Å²) in [5.74, 6) is 0. The summed E-state index contributed by atoms with van der Waals surface area (Å²) in [4.78, 5) is 19.9. The fourth-order valence-corrected chi connectivity index (χ4v) is 4.58. The molecule has 1 atom stereocenters. The normalized spacial score (nSPS) is 15.3. The lowest BCUT2D eigenvalue weighted by molar-refractivity contribution is -0.138. The van der Waals surface area contributed by atoms with Gasteiger partial charge in [-0.2, -0.15) is 26.3 Å². The number of aldehydes is 1. The van der Waals surface area contributed by atoms with Gasteiger partial charge in [0.1, 0.15) is 6.29 Å². The number of nitrogens with two attached hydrogens (primary N) is 2. The average Bonchev–Trinajstić information content (AvgIpc) is 3.15. The van der Waals surface area contributed by atoms with Crippen LogP contribution < -0.4 is 16.8 Å². The number of carbonyl (C=O) groups is 2. The first-order valence-electron chi connectivity index (χ1n) is 10.1. The van der Waals surface area contributed by atoms with Gasteiger partial charge in [0.25, 0.3) is 0 Å². The first-order chi connectivity index (χ1) is 16.4. The van der Waals surface area contributed by atoms with Gasteiger partial charge in [-0.25, -0.2) is 0 Å². The summed E-state index contributed by atoms with van der Waals surface area (Å²) < 4.78 is 78.9. The molecule has 0 fully saturated rings. The number of halogens is 6. The molecule has 1 heterocycles. The smallest absolute Gasteiger partial charge is 0.375 e. The Morgan fingerprint density at radius 3 is 2.17 bits per heavy atom. The third-order valence-corrected chi connectivity index (χ3v) is 5.98. The SMILES string of the molecule is CC1=C(c2ccc(CC=O)c(C(F)(F)F)c2)SC(Cc2cccc(C(F)(F)F)c2)N1.CN.NC=O. The predicted octanol–water partition coefficient (Wildman–Crippen LogP) is 4.74. The lowest BCUT2D eigenvalue weighted by Gasteiger charge is -2.15. The second-order valence-corrected chi connectivity index (χ2v) is 8.20. The number of hydrogen-bond donors (Lipinski definition) is 3. The molecule has 2 aromatic carbocycles. The molecule has 35 heavy (non-hydrogen) atoms. The lowest BCUT2D eigenvalue weighted by Crippen LogP contribution is -2.21. The molecule has 1 aliphatic rings. The van der Waals surface area contributed by atoms with Gasteiger partial charge in [0.15, 0.2) is 0 Å². The van der Waals surface area contributed by atoms with Crippen molar-refractivity contribution in [1.82, 2.24) is 5.32 Å². The van der Waals surface area contributed by atoms with E-state index in [1.165, 1.54) is 37.0 Å². The summed E-state index contributed by atoms with van der Waals surface area (Å²) in [6.07, 6.45) is -8.44. The number of hydrogen-bond acceptors (Lipinski definition) is 5. The molecular formula is C23H25F6N3O2S. The summed E-state index contributed by atoms with van der Waals surface area (Å²) in [5.41, 5.74) is 8.42. The summed E-state index contributed by atoms with van der Waals surface area (Å²) in [5, 5.41) is 2.82.